The van der Waals surface area contributed by atoms with E-state index in [9.17, 15) is 0 Å². The van der Waals surface area contributed by atoms with E-state index in [0.29, 0.717) is 0 Å². The molecule has 0 radical (unpaired) electrons. The lowest BCUT2D eigenvalue weighted by molar-refractivity contribution is 0.850. The monoisotopic (exact) mass is 225 g/mol. The molecule has 0 spiro atoms. The molecule has 0 bridgehead atoms. The summed E-state index contributed by atoms with van der Waals surface area (Å²) < 4.78 is 1.07. The van der Waals surface area contributed by atoms with Crippen LogP contribution in [0.1, 0.15) is 18.5 Å². The Hall–Kier alpha value is -0.600. The molecule has 64 valence electrons. The van der Waals surface area contributed by atoms with Crippen LogP contribution in [0.2, 0.25) is 0 Å². The van der Waals surface area contributed by atoms with Crippen LogP contribution < -0.4 is 5.73 Å². The number of hydrogen-bond donors (Lipinski definition) is 1. The Morgan fingerprint density at radius 3 is 2.33 bits per heavy atom. The minimum absolute atomic E-state index is 0.0434. The van der Waals surface area contributed by atoms with Gasteiger partial charge in [0.1, 0.15) is 0 Å². The van der Waals surface area contributed by atoms with E-state index in [-0.39, 0.29) is 6.04 Å². The zero-order chi connectivity index (χ0) is 9.14. The van der Waals surface area contributed by atoms with Crippen molar-refractivity contribution in [2.45, 2.75) is 13.0 Å². The number of hydrogen-bond acceptors (Lipinski definition) is 1. The van der Waals surface area contributed by atoms with Crippen LogP contribution in [-0.4, -0.2) is 0 Å². The zero-order valence-electron chi connectivity index (χ0n) is 7.05. The van der Waals surface area contributed by atoms with Gasteiger partial charge in [0.05, 0.1) is 6.04 Å². The van der Waals surface area contributed by atoms with Crippen molar-refractivity contribution < 1.29 is 0 Å². The van der Waals surface area contributed by atoms with Crippen molar-refractivity contribution in [2.75, 3.05) is 0 Å². The highest BCUT2D eigenvalue weighted by Crippen LogP contribution is 2.19. The van der Waals surface area contributed by atoms with Crippen molar-refractivity contribution in [3.05, 3.63) is 46.5 Å². The van der Waals surface area contributed by atoms with E-state index in [1.165, 1.54) is 0 Å². The number of nitrogens with two attached hydrogens (primary N) is 1. The minimum atomic E-state index is -0.0434. The first-order valence-corrected chi connectivity index (χ1v) is 4.57. The molecule has 0 saturated carbocycles. The fraction of sp³-hybridized carbons (Fsp3) is 0.200. The summed E-state index contributed by atoms with van der Waals surface area (Å²) >= 11 is 3.37. The zero-order valence-corrected chi connectivity index (χ0v) is 8.64. The van der Waals surface area contributed by atoms with E-state index in [2.05, 4.69) is 22.5 Å². The van der Waals surface area contributed by atoms with Crippen molar-refractivity contribution in [1.82, 2.24) is 0 Å². The van der Waals surface area contributed by atoms with Gasteiger partial charge < -0.3 is 5.73 Å². The summed E-state index contributed by atoms with van der Waals surface area (Å²) in [4.78, 5) is 0. The minimum Gasteiger partial charge on any atom is -0.321 e. The smallest absolute Gasteiger partial charge is 0.0505 e. The standard InChI is InChI=1S/C10H12BrN/c1-7(2)10(12)8-3-5-9(11)6-4-8/h3-6,10H,1,12H2,2H3. The molecule has 0 fully saturated rings. The van der Waals surface area contributed by atoms with Gasteiger partial charge in [-0.05, 0) is 24.6 Å². The van der Waals surface area contributed by atoms with Crippen LogP contribution in [0.5, 0.6) is 0 Å². The Kier molecular flexibility index (Phi) is 3.06. The van der Waals surface area contributed by atoms with Crippen LogP contribution in [0.3, 0.4) is 0 Å². The summed E-state index contributed by atoms with van der Waals surface area (Å²) in [6.45, 7) is 5.75. The Bertz CT molecular complexity index is 276. The fourth-order valence-electron chi connectivity index (χ4n) is 0.955. The molecule has 1 rings (SSSR count). The highest BCUT2D eigenvalue weighted by Gasteiger charge is 2.04. The third-order valence-corrected chi connectivity index (χ3v) is 2.29. The molecule has 0 aliphatic carbocycles. The van der Waals surface area contributed by atoms with E-state index in [1.807, 2.05) is 31.2 Å². The highest BCUT2D eigenvalue weighted by molar-refractivity contribution is 9.10. The van der Waals surface area contributed by atoms with Gasteiger partial charge in [-0.15, -0.1) is 0 Å². The Morgan fingerprint density at radius 1 is 1.42 bits per heavy atom. The lowest BCUT2D eigenvalue weighted by Crippen LogP contribution is -2.10. The molecule has 1 atom stereocenters. The van der Waals surface area contributed by atoms with E-state index >= 15 is 0 Å². The van der Waals surface area contributed by atoms with Gasteiger partial charge in [-0.3, -0.25) is 0 Å². The van der Waals surface area contributed by atoms with Gasteiger partial charge in [0.2, 0.25) is 0 Å². The van der Waals surface area contributed by atoms with Crippen molar-refractivity contribution >= 4 is 15.9 Å². The predicted octanol–water partition coefficient (Wildman–Crippen LogP) is 3.03. The molecule has 0 aliphatic rings. The predicted molar refractivity (Wildman–Crippen MR) is 55.9 cm³/mol. The topological polar surface area (TPSA) is 26.0 Å². The maximum absolute atomic E-state index is 5.87. The Balaban J connectivity index is 2.89. The largest absolute Gasteiger partial charge is 0.321 e. The summed E-state index contributed by atoms with van der Waals surface area (Å²) in [5.74, 6) is 0. The summed E-state index contributed by atoms with van der Waals surface area (Å²) in [6, 6.07) is 7.93. The lowest BCUT2D eigenvalue weighted by atomic mass is 10.0. The molecule has 0 aliphatic heterocycles. The van der Waals surface area contributed by atoms with Crippen molar-refractivity contribution in [3.63, 3.8) is 0 Å². The molecule has 1 unspecified atom stereocenters. The Morgan fingerprint density at radius 2 is 1.92 bits per heavy atom. The second kappa shape index (κ2) is 3.87. The second-order valence-electron chi connectivity index (χ2n) is 2.88. The van der Waals surface area contributed by atoms with Gasteiger partial charge in [0, 0.05) is 4.47 Å². The van der Waals surface area contributed by atoms with Crippen molar-refractivity contribution in [2.24, 2.45) is 5.73 Å². The number of rotatable bonds is 2. The van der Waals surface area contributed by atoms with E-state index in [0.717, 1.165) is 15.6 Å². The molecule has 1 nitrogen and oxygen atoms in total. The lowest BCUT2D eigenvalue weighted by Gasteiger charge is -2.10. The number of halogens is 1. The summed E-state index contributed by atoms with van der Waals surface area (Å²) in [5, 5.41) is 0. The third-order valence-electron chi connectivity index (χ3n) is 1.76. The van der Waals surface area contributed by atoms with Crippen LogP contribution in [0.15, 0.2) is 40.9 Å². The average Bonchev–Trinajstić information content (AvgIpc) is 2.04. The van der Waals surface area contributed by atoms with Crippen LogP contribution in [0, 0.1) is 0 Å². The third kappa shape index (κ3) is 2.19. The summed E-state index contributed by atoms with van der Waals surface area (Å²) in [6.07, 6.45) is 0. The molecule has 2 N–H and O–H groups in total. The van der Waals surface area contributed by atoms with Gasteiger partial charge in [0.15, 0.2) is 0 Å². The molecule has 0 amide bonds. The van der Waals surface area contributed by atoms with E-state index in [1.54, 1.807) is 0 Å². The fourth-order valence-corrected chi connectivity index (χ4v) is 1.22. The highest BCUT2D eigenvalue weighted by atomic mass is 79.9. The van der Waals surface area contributed by atoms with Crippen LogP contribution in [0.4, 0.5) is 0 Å². The first-order chi connectivity index (χ1) is 5.61. The molecule has 0 saturated heterocycles. The van der Waals surface area contributed by atoms with Crippen molar-refractivity contribution in [1.29, 1.82) is 0 Å². The maximum atomic E-state index is 5.87. The van der Waals surface area contributed by atoms with Gasteiger partial charge >= 0.3 is 0 Å². The second-order valence-corrected chi connectivity index (χ2v) is 3.79. The van der Waals surface area contributed by atoms with E-state index in [4.69, 9.17) is 5.73 Å². The van der Waals surface area contributed by atoms with Crippen LogP contribution in [0.25, 0.3) is 0 Å². The molecule has 1 aromatic rings. The molecule has 0 heterocycles. The molecular formula is C10H12BrN. The average molecular weight is 226 g/mol. The first-order valence-electron chi connectivity index (χ1n) is 3.77. The summed E-state index contributed by atoms with van der Waals surface area (Å²) in [5.41, 5.74) is 7.96. The van der Waals surface area contributed by atoms with Gasteiger partial charge in [-0.1, -0.05) is 40.2 Å². The molecule has 1 aromatic carbocycles. The van der Waals surface area contributed by atoms with E-state index < -0.39 is 0 Å². The maximum Gasteiger partial charge on any atom is 0.0505 e. The van der Waals surface area contributed by atoms with Crippen molar-refractivity contribution in [3.8, 4) is 0 Å². The summed E-state index contributed by atoms with van der Waals surface area (Å²) in [7, 11) is 0. The van der Waals surface area contributed by atoms with Crippen LogP contribution >= 0.6 is 15.9 Å². The van der Waals surface area contributed by atoms with Gasteiger partial charge in [-0.25, -0.2) is 0 Å². The number of benzene rings is 1. The molecule has 2 heteroatoms. The molecule has 0 aromatic heterocycles. The molecular weight excluding hydrogens is 214 g/mol. The Labute approximate surface area is 81.4 Å². The van der Waals surface area contributed by atoms with Gasteiger partial charge in [-0.2, -0.15) is 0 Å². The normalized spacial score (nSPS) is 12.6. The first kappa shape index (κ1) is 9.49. The van der Waals surface area contributed by atoms with Crippen LogP contribution in [-0.2, 0) is 0 Å². The van der Waals surface area contributed by atoms with Gasteiger partial charge in [0.25, 0.3) is 0 Å². The molecule has 12 heavy (non-hydrogen) atoms. The SMILES string of the molecule is C=C(C)C(N)c1ccc(Br)cc1. The quantitative estimate of drug-likeness (QED) is 0.770.